The van der Waals surface area contributed by atoms with Crippen molar-refractivity contribution in [1.82, 2.24) is 15.5 Å². The number of para-hydroxylation sites is 1. The summed E-state index contributed by atoms with van der Waals surface area (Å²) in [5.41, 5.74) is -0.510. The SMILES string of the molecule is CCCCCN(C(=O)C(CC(C)C)NC(=O)OC(C)(C)C)C(C(=O)NCCC(=O)OCC)c1ccccc1O. The van der Waals surface area contributed by atoms with Gasteiger partial charge in [-0.25, -0.2) is 4.79 Å². The minimum absolute atomic E-state index is 0.00430. The van der Waals surface area contributed by atoms with Gasteiger partial charge in [-0.3, -0.25) is 14.4 Å². The van der Waals surface area contributed by atoms with E-state index in [1.165, 1.54) is 11.0 Å². The van der Waals surface area contributed by atoms with Gasteiger partial charge in [0.2, 0.25) is 11.8 Å². The highest BCUT2D eigenvalue weighted by atomic mass is 16.6. The molecule has 0 aliphatic rings. The van der Waals surface area contributed by atoms with Crippen LogP contribution in [0.15, 0.2) is 24.3 Å². The highest BCUT2D eigenvalue weighted by molar-refractivity contribution is 5.92. The van der Waals surface area contributed by atoms with E-state index >= 15 is 0 Å². The third-order valence-electron chi connectivity index (χ3n) is 5.71. The standard InChI is InChI=1S/C29H47N3O7/c1-8-10-13-18-32(27(36)22(19-20(3)4)31-28(37)39-29(5,6)7)25(21-14-11-12-15-23(21)33)26(35)30-17-16-24(34)38-9-2/h11-12,14-15,20,22,25,33H,8-10,13,16-19H2,1-7H3,(H,30,35)(H,31,37). The first kappa shape index (κ1) is 33.7. The van der Waals surface area contributed by atoms with E-state index in [1.807, 2.05) is 20.8 Å². The van der Waals surface area contributed by atoms with Gasteiger partial charge < -0.3 is 30.1 Å². The lowest BCUT2D eigenvalue weighted by Gasteiger charge is -2.35. The number of aromatic hydroxyl groups is 1. The highest BCUT2D eigenvalue weighted by Gasteiger charge is 2.37. The van der Waals surface area contributed by atoms with E-state index in [9.17, 15) is 24.3 Å². The minimum atomic E-state index is -1.19. The predicted molar refractivity (Wildman–Crippen MR) is 149 cm³/mol. The summed E-state index contributed by atoms with van der Waals surface area (Å²) in [6, 6.07) is 4.20. The number of hydrogen-bond donors (Lipinski definition) is 3. The van der Waals surface area contributed by atoms with Gasteiger partial charge >= 0.3 is 12.1 Å². The Balaban J connectivity index is 3.43. The molecule has 2 atom stereocenters. The molecule has 0 bridgehead atoms. The monoisotopic (exact) mass is 549 g/mol. The molecular weight excluding hydrogens is 502 g/mol. The number of ether oxygens (including phenoxy) is 2. The van der Waals surface area contributed by atoms with E-state index in [0.717, 1.165) is 12.8 Å². The largest absolute Gasteiger partial charge is 0.508 e. The molecule has 0 fully saturated rings. The van der Waals surface area contributed by atoms with Crippen molar-refractivity contribution in [2.24, 2.45) is 5.92 Å². The Kier molecular flexibility index (Phi) is 14.4. The topological polar surface area (TPSA) is 134 Å². The summed E-state index contributed by atoms with van der Waals surface area (Å²) in [4.78, 5) is 53.5. The Labute approximate surface area is 232 Å². The summed E-state index contributed by atoms with van der Waals surface area (Å²) in [5, 5.41) is 16.1. The predicted octanol–water partition coefficient (Wildman–Crippen LogP) is 4.46. The lowest BCUT2D eigenvalue weighted by atomic mass is 9.98. The van der Waals surface area contributed by atoms with Crippen molar-refractivity contribution >= 4 is 23.9 Å². The van der Waals surface area contributed by atoms with E-state index in [0.29, 0.717) is 12.8 Å². The van der Waals surface area contributed by atoms with Crippen LogP contribution in [0, 0.1) is 5.92 Å². The van der Waals surface area contributed by atoms with Crippen LogP contribution < -0.4 is 10.6 Å². The third kappa shape index (κ3) is 12.4. The smallest absolute Gasteiger partial charge is 0.408 e. The van der Waals surface area contributed by atoms with Crippen molar-refractivity contribution in [3.05, 3.63) is 29.8 Å². The second-order valence-electron chi connectivity index (χ2n) is 10.9. The van der Waals surface area contributed by atoms with Crippen LogP contribution >= 0.6 is 0 Å². The zero-order chi connectivity index (χ0) is 29.6. The Morgan fingerprint density at radius 3 is 2.28 bits per heavy atom. The van der Waals surface area contributed by atoms with Gasteiger partial charge in [0.05, 0.1) is 13.0 Å². The van der Waals surface area contributed by atoms with Crippen LogP contribution in [0.25, 0.3) is 0 Å². The van der Waals surface area contributed by atoms with Gasteiger partial charge in [-0.15, -0.1) is 0 Å². The second-order valence-corrected chi connectivity index (χ2v) is 10.9. The lowest BCUT2D eigenvalue weighted by molar-refractivity contribution is -0.144. The van der Waals surface area contributed by atoms with Gasteiger partial charge in [0.25, 0.3) is 0 Å². The van der Waals surface area contributed by atoms with Gasteiger partial charge in [-0.2, -0.15) is 0 Å². The number of esters is 1. The number of hydrogen-bond acceptors (Lipinski definition) is 7. The van der Waals surface area contributed by atoms with E-state index in [-0.39, 0.29) is 43.3 Å². The van der Waals surface area contributed by atoms with Crippen LogP contribution in [0.4, 0.5) is 4.79 Å². The third-order valence-corrected chi connectivity index (χ3v) is 5.71. The highest BCUT2D eigenvalue weighted by Crippen LogP contribution is 2.30. The van der Waals surface area contributed by atoms with Gasteiger partial charge in [-0.1, -0.05) is 51.8 Å². The fraction of sp³-hybridized carbons (Fsp3) is 0.655. The zero-order valence-corrected chi connectivity index (χ0v) is 24.5. The van der Waals surface area contributed by atoms with Gasteiger partial charge in [0, 0.05) is 18.7 Å². The maximum atomic E-state index is 14.1. The summed E-state index contributed by atoms with van der Waals surface area (Å²) in [7, 11) is 0. The number of phenols is 1. The van der Waals surface area contributed by atoms with Crippen LogP contribution in [-0.4, -0.2) is 65.2 Å². The quantitative estimate of drug-likeness (QED) is 0.217. The molecule has 1 aromatic rings. The fourth-order valence-electron chi connectivity index (χ4n) is 4.03. The molecular formula is C29H47N3O7. The van der Waals surface area contributed by atoms with E-state index in [1.54, 1.807) is 45.9 Å². The second kappa shape index (κ2) is 16.6. The number of rotatable bonds is 15. The van der Waals surface area contributed by atoms with E-state index in [4.69, 9.17) is 9.47 Å². The van der Waals surface area contributed by atoms with Crippen LogP contribution in [0.2, 0.25) is 0 Å². The molecule has 0 spiro atoms. The van der Waals surface area contributed by atoms with E-state index in [2.05, 4.69) is 10.6 Å². The Morgan fingerprint density at radius 1 is 1.05 bits per heavy atom. The number of benzene rings is 1. The van der Waals surface area contributed by atoms with Crippen molar-refractivity contribution in [2.45, 2.75) is 98.3 Å². The molecule has 0 aliphatic heterocycles. The number of amides is 3. The van der Waals surface area contributed by atoms with Crippen LogP contribution in [0.5, 0.6) is 5.75 Å². The Bertz CT molecular complexity index is 943. The normalized spacial score (nSPS) is 12.8. The molecule has 2 unspecified atom stereocenters. The molecule has 220 valence electrons. The molecule has 0 saturated carbocycles. The molecule has 10 nitrogen and oxygen atoms in total. The molecule has 0 radical (unpaired) electrons. The molecule has 0 saturated heterocycles. The number of carbonyl (C=O) groups is 4. The first-order valence-corrected chi connectivity index (χ1v) is 13.8. The van der Waals surface area contributed by atoms with Gasteiger partial charge in [0.15, 0.2) is 0 Å². The summed E-state index contributed by atoms with van der Waals surface area (Å²) in [6.07, 6.45) is 1.88. The van der Waals surface area contributed by atoms with Crippen molar-refractivity contribution in [3.63, 3.8) is 0 Å². The van der Waals surface area contributed by atoms with Crippen molar-refractivity contribution in [1.29, 1.82) is 0 Å². The first-order chi connectivity index (χ1) is 18.3. The average Bonchev–Trinajstić information content (AvgIpc) is 2.82. The van der Waals surface area contributed by atoms with Crippen molar-refractivity contribution in [3.8, 4) is 5.75 Å². The van der Waals surface area contributed by atoms with E-state index < -0.39 is 41.6 Å². The summed E-state index contributed by atoms with van der Waals surface area (Å²) in [6.45, 7) is 13.2. The molecule has 3 amide bonds. The molecule has 0 aromatic heterocycles. The number of unbranched alkanes of at least 4 members (excludes halogenated alkanes) is 2. The lowest BCUT2D eigenvalue weighted by Crippen LogP contribution is -2.53. The number of nitrogens with one attached hydrogen (secondary N) is 2. The maximum absolute atomic E-state index is 14.1. The van der Waals surface area contributed by atoms with Crippen LogP contribution in [0.3, 0.4) is 0 Å². The van der Waals surface area contributed by atoms with Crippen molar-refractivity contribution in [2.75, 3.05) is 19.7 Å². The molecule has 3 N–H and O–H groups in total. The number of carbonyl (C=O) groups excluding carboxylic acids is 4. The number of nitrogens with zero attached hydrogens (tertiary/aromatic N) is 1. The Morgan fingerprint density at radius 2 is 1.72 bits per heavy atom. The molecule has 10 heteroatoms. The first-order valence-electron chi connectivity index (χ1n) is 13.8. The maximum Gasteiger partial charge on any atom is 0.408 e. The summed E-state index contributed by atoms with van der Waals surface area (Å²) >= 11 is 0. The number of alkyl carbamates (subject to hydrolysis) is 1. The minimum Gasteiger partial charge on any atom is -0.508 e. The molecule has 0 heterocycles. The van der Waals surface area contributed by atoms with Crippen molar-refractivity contribution < 1.29 is 33.8 Å². The molecule has 1 aromatic carbocycles. The fourth-order valence-corrected chi connectivity index (χ4v) is 4.03. The van der Waals surface area contributed by atoms with Gasteiger partial charge in [0.1, 0.15) is 23.4 Å². The molecule has 39 heavy (non-hydrogen) atoms. The summed E-state index contributed by atoms with van der Waals surface area (Å²) < 4.78 is 10.3. The zero-order valence-electron chi connectivity index (χ0n) is 24.5. The average molecular weight is 550 g/mol. The van der Waals surface area contributed by atoms with Crippen LogP contribution in [-0.2, 0) is 23.9 Å². The van der Waals surface area contributed by atoms with Crippen LogP contribution in [0.1, 0.15) is 92.2 Å². The number of phenolic OH excluding ortho intramolecular Hbond substituents is 1. The molecule has 1 rings (SSSR count). The molecule has 0 aliphatic carbocycles. The van der Waals surface area contributed by atoms with Gasteiger partial charge in [-0.05, 0) is 52.5 Å². The Hall–Kier alpha value is -3.30. The summed E-state index contributed by atoms with van der Waals surface area (Å²) in [5.74, 6) is -1.55.